The van der Waals surface area contributed by atoms with Crippen molar-refractivity contribution in [3.05, 3.63) is 0 Å². The standard InChI is InChI=1S/C12H25N3O2/c1-11(2)17-9-8-14-4-6-15(7-5-14)10-12(16)13-3/h11H,4-10H2,1-3H3,(H,13,16). The van der Waals surface area contributed by atoms with E-state index in [1.54, 1.807) is 7.05 Å². The Bertz CT molecular complexity index is 226. The molecule has 1 aliphatic rings. The fraction of sp³-hybridized carbons (Fsp3) is 0.917. The van der Waals surface area contributed by atoms with Crippen LogP contribution in [0.2, 0.25) is 0 Å². The molecule has 5 nitrogen and oxygen atoms in total. The number of rotatable bonds is 6. The van der Waals surface area contributed by atoms with E-state index in [4.69, 9.17) is 4.74 Å². The number of hydrogen-bond acceptors (Lipinski definition) is 4. The van der Waals surface area contributed by atoms with Gasteiger partial charge in [0.15, 0.2) is 0 Å². The SMILES string of the molecule is CNC(=O)CN1CCN(CCOC(C)C)CC1. The maximum atomic E-state index is 11.2. The predicted octanol–water partition coefficient (Wildman–Crippen LogP) is -0.225. The summed E-state index contributed by atoms with van der Waals surface area (Å²) in [7, 11) is 1.68. The van der Waals surface area contributed by atoms with Gasteiger partial charge in [-0.3, -0.25) is 14.6 Å². The van der Waals surface area contributed by atoms with Gasteiger partial charge in [0.2, 0.25) is 5.91 Å². The van der Waals surface area contributed by atoms with E-state index in [-0.39, 0.29) is 5.91 Å². The van der Waals surface area contributed by atoms with E-state index in [1.807, 2.05) is 0 Å². The molecule has 0 bridgehead atoms. The van der Waals surface area contributed by atoms with E-state index >= 15 is 0 Å². The first-order valence-electron chi connectivity index (χ1n) is 6.38. The van der Waals surface area contributed by atoms with E-state index in [0.29, 0.717) is 12.6 Å². The summed E-state index contributed by atoms with van der Waals surface area (Å²) in [6.07, 6.45) is 0.310. The van der Waals surface area contributed by atoms with Crippen molar-refractivity contribution in [2.45, 2.75) is 20.0 Å². The number of ether oxygens (including phenoxy) is 1. The van der Waals surface area contributed by atoms with E-state index in [0.717, 1.165) is 39.3 Å². The van der Waals surface area contributed by atoms with Gasteiger partial charge in [0.1, 0.15) is 0 Å². The van der Waals surface area contributed by atoms with Crippen LogP contribution in [0, 0.1) is 0 Å². The van der Waals surface area contributed by atoms with Crippen LogP contribution in [-0.2, 0) is 9.53 Å². The highest BCUT2D eigenvalue weighted by Crippen LogP contribution is 2.01. The van der Waals surface area contributed by atoms with Gasteiger partial charge >= 0.3 is 0 Å². The molecule has 0 aromatic rings. The quantitative estimate of drug-likeness (QED) is 0.700. The minimum Gasteiger partial charge on any atom is -0.377 e. The van der Waals surface area contributed by atoms with E-state index in [2.05, 4.69) is 29.0 Å². The van der Waals surface area contributed by atoms with Crippen molar-refractivity contribution in [3.8, 4) is 0 Å². The van der Waals surface area contributed by atoms with E-state index in [1.165, 1.54) is 0 Å². The topological polar surface area (TPSA) is 44.8 Å². The van der Waals surface area contributed by atoms with Crippen LogP contribution in [0.25, 0.3) is 0 Å². The molecular formula is C12H25N3O2. The van der Waals surface area contributed by atoms with Crippen LogP contribution in [0.3, 0.4) is 0 Å². The molecule has 0 atom stereocenters. The Morgan fingerprint density at radius 1 is 1.24 bits per heavy atom. The molecule has 5 heteroatoms. The second kappa shape index (κ2) is 7.63. The van der Waals surface area contributed by atoms with Crippen LogP contribution in [0.1, 0.15) is 13.8 Å². The van der Waals surface area contributed by atoms with Crippen LogP contribution in [0.15, 0.2) is 0 Å². The molecule has 1 rings (SSSR count). The van der Waals surface area contributed by atoms with Gasteiger partial charge in [-0.05, 0) is 13.8 Å². The molecule has 1 heterocycles. The second-order valence-electron chi connectivity index (χ2n) is 4.71. The maximum Gasteiger partial charge on any atom is 0.233 e. The molecular weight excluding hydrogens is 218 g/mol. The number of nitrogens with one attached hydrogen (secondary N) is 1. The number of nitrogens with zero attached hydrogens (tertiary/aromatic N) is 2. The average Bonchev–Trinajstić information content (AvgIpc) is 2.31. The Kier molecular flexibility index (Phi) is 6.47. The summed E-state index contributed by atoms with van der Waals surface area (Å²) < 4.78 is 5.53. The molecule has 1 amide bonds. The lowest BCUT2D eigenvalue weighted by Crippen LogP contribution is -2.49. The summed E-state index contributed by atoms with van der Waals surface area (Å²) in [5, 5.41) is 2.66. The normalized spacial score (nSPS) is 18.6. The van der Waals surface area contributed by atoms with Gasteiger partial charge in [-0.15, -0.1) is 0 Å². The molecule has 0 spiro atoms. The molecule has 0 radical (unpaired) electrons. The third-order valence-electron chi connectivity index (χ3n) is 2.97. The van der Waals surface area contributed by atoms with Crippen LogP contribution in [0.5, 0.6) is 0 Å². The zero-order valence-corrected chi connectivity index (χ0v) is 11.2. The highest BCUT2D eigenvalue weighted by molar-refractivity contribution is 5.77. The number of carbonyl (C=O) groups excluding carboxylic acids is 1. The summed E-state index contributed by atoms with van der Waals surface area (Å²) in [5.74, 6) is 0.0987. The summed E-state index contributed by atoms with van der Waals surface area (Å²) >= 11 is 0. The summed E-state index contributed by atoms with van der Waals surface area (Å²) in [6.45, 7) is 10.4. The summed E-state index contributed by atoms with van der Waals surface area (Å²) in [6, 6.07) is 0. The Hall–Kier alpha value is -0.650. The molecule has 1 fully saturated rings. The lowest BCUT2D eigenvalue weighted by Gasteiger charge is -2.34. The van der Waals surface area contributed by atoms with Crippen LogP contribution >= 0.6 is 0 Å². The van der Waals surface area contributed by atoms with Gasteiger partial charge in [-0.25, -0.2) is 0 Å². The monoisotopic (exact) mass is 243 g/mol. The minimum atomic E-state index is 0.0987. The van der Waals surface area contributed by atoms with Crippen LogP contribution in [0.4, 0.5) is 0 Å². The third kappa shape index (κ3) is 6.00. The molecule has 100 valence electrons. The number of amides is 1. The van der Waals surface area contributed by atoms with Crippen molar-refractivity contribution in [3.63, 3.8) is 0 Å². The molecule has 17 heavy (non-hydrogen) atoms. The van der Waals surface area contributed by atoms with Gasteiger partial charge in [0.25, 0.3) is 0 Å². The lowest BCUT2D eigenvalue weighted by atomic mass is 10.3. The van der Waals surface area contributed by atoms with Crippen molar-refractivity contribution in [2.75, 3.05) is 52.9 Å². The smallest absolute Gasteiger partial charge is 0.233 e. The number of carbonyl (C=O) groups is 1. The highest BCUT2D eigenvalue weighted by atomic mass is 16.5. The number of hydrogen-bond donors (Lipinski definition) is 1. The summed E-state index contributed by atoms with van der Waals surface area (Å²) in [4.78, 5) is 15.8. The zero-order chi connectivity index (χ0) is 12.7. The van der Waals surface area contributed by atoms with E-state index < -0.39 is 0 Å². The fourth-order valence-electron chi connectivity index (χ4n) is 1.87. The Labute approximate surface area is 104 Å². The van der Waals surface area contributed by atoms with Crippen molar-refractivity contribution in [2.24, 2.45) is 0 Å². The molecule has 0 aromatic carbocycles. The highest BCUT2D eigenvalue weighted by Gasteiger charge is 2.18. The van der Waals surface area contributed by atoms with Crippen LogP contribution < -0.4 is 5.32 Å². The number of likely N-dealkylation sites (N-methyl/N-ethyl adjacent to an activating group) is 1. The van der Waals surface area contributed by atoms with Crippen molar-refractivity contribution >= 4 is 5.91 Å². The van der Waals surface area contributed by atoms with Crippen molar-refractivity contribution < 1.29 is 9.53 Å². The summed E-state index contributed by atoms with van der Waals surface area (Å²) in [5.41, 5.74) is 0. The van der Waals surface area contributed by atoms with Crippen LogP contribution in [-0.4, -0.2) is 74.7 Å². The largest absolute Gasteiger partial charge is 0.377 e. The molecule has 0 saturated carbocycles. The Balaban J connectivity index is 2.11. The van der Waals surface area contributed by atoms with Crippen molar-refractivity contribution in [1.29, 1.82) is 0 Å². The Morgan fingerprint density at radius 3 is 2.35 bits per heavy atom. The molecule has 1 N–H and O–H groups in total. The first-order chi connectivity index (χ1) is 8.11. The molecule has 0 aromatic heterocycles. The van der Waals surface area contributed by atoms with Gasteiger partial charge in [-0.1, -0.05) is 0 Å². The van der Waals surface area contributed by atoms with Crippen molar-refractivity contribution in [1.82, 2.24) is 15.1 Å². The third-order valence-corrected chi connectivity index (χ3v) is 2.97. The molecule has 0 unspecified atom stereocenters. The zero-order valence-electron chi connectivity index (χ0n) is 11.2. The van der Waals surface area contributed by atoms with Gasteiger partial charge in [-0.2, -0.15) is 0 Å². The molecule has 0 aliphatic carbocycles. The van der Waals surface area contributed by atoms with Gasteiger partial charge < -0.3 is 10.1 Å². The first-order valence-corrected chi connectivity index (χ1v) is 6.38. The lowest BCUT2D eigenvalue weighted by molar-refractivity contribution is -0.122. The second-order valence-corrected chi connectivity index (χ2v) is 4.71. The fourth-order valence-corrected chi connectivity index (χ4v) is 1.87. The number of piperazine rings is 1. The van der Waals surface area contributed by atoms with Gasteiger partial charge in [0.05, 0.1) is 19.3 Å². The first kappa shape index (κ1) is 14.4. The minimum absolute atomic E-state index is 0.0987. The predicted molar refractivity (Wildman–Crippen MR) is 68.0 cm³/mol. The maximum absolute atomic E-state index is 11.2. The van der Waals surface area contributed by atoms with Gasteiger partial charge in [0, 0.05) is 39.8 Å². The average molecular weight is 243 g/mol. The molecule has 1 aliphatic heterocycles. The van der Waals surface area contributed by atoms with E-state index in [9.17, 15) is 4.79 Å². The molecule has 1 saturated heterocycles. The Morgan fingerprint density at radius 2 is 1.82 bits per heavy atom.